The van der Waals surface area contributed by atoms with Gasteiger partial charge in [0.05, 0.1) is 10.0 Å². The Morgan fingerprint density at radius 1 is 1.07 bits per heavy atom. The van der Waals surface area contributed by atoms with Crippen molar-refractivity contribution in [2.75, 3.05) is 48.8 Å². The Hall–Kier alpha value is -1.33. The number of hydrogen-bond donors (Lipinski definition) is 1. The molecule has 0 radical (unpaired) electrons. The smallest absolute Gasteiger partial charge is 0.0612 e. The summed E-state index contributed by atoms with van der Waals surface area (Å²) in [6.07, 6.45) is 3.55. The molecule has 0 spiro atoms. The van der Waals surface area contributed by atoms with Gasteiger partial charge < -0.3 is 15.1 Å². The van der Waals surface area contributed by atoms with Crippen molar-refractivity contribution in [2.45, 2.75) is 12.5 Å². The number of halogens is 2. The Labute approximate surface area is 181 Å². The Kier molecular flexibility index (Phi) is 6.42. The Morgan fingerprint density at radius 2 is 1.93 bits per heavy atom. The molecular weight excluding hydrogens is 409 g/mol. The fraction of sp³-hybridized carbons (Fsp3) is 0.364. The number of thioether (sulfide) groups is 1. The van der Waals surface area contributed by atoms with Gasteiger partial charge in [-0.3, -0.25) is 0 Å². The number of nitrogens with one attached hydrogen (secondary N) is 1. The third-order valence-corrected chi connectivity index (χ3v) is 7.20. The van der Waals surface area contributed by atoms with Gasteiger partial charge in [-0.05, 0) is 49.4 Å². The summed E-state index contributed by atoms with van der Waals surface area (Å²) >= 11 is 14.3. The van der Waals surface area contributed by atoms with E-state index in [1.54, 1.807) is 0 Å². The van der Waals surface area contributed by atoms with Crippen LogP contribution in [-0.4, -0.2) is 45.0 Å². The second-order valence-corrected chi connectivity index (χ2v) is 9.29. The molecule has 0 saturated carbocycles. The van der Waals surface area contributed by atoms with E-state index in [1.807, 2.05) is 23.9 Å². The summed E-state index contributed by atoms with van der Waals surface area (Å²) in [7, 11) is 2.05. The lowest BCUT2D eigenvalue weighted by molar-refractivity contribution is 0.617. The van der Waals surface area contributed by atoms with Crippen LogP contribution in [0.1, 0.15) is 12.0 Å². The summed E-state index contributed by atoms with van der Waals surface area (Å²) in [5.74, 6) is 1.07. The van der Waals surface area contributed by atoms with Crippen molar-refractivity contribution < 1.29 is 0 Å². The van der Waals surface area contributed by atoms with Crippen LogP contribution < -0.4 is 15.1 Å². The van der Waals surface area contributed by atoms with Crippen molar-refractivity contribution in [1.29, 1.82) is 0 Å². The van der Waals surface area contributed by atoms with Crippen molar-refractivity contribution >= 4 is 52.4 Å². The molecular formula is C22H25Cl2N3S. The van der Waals surface area contributed by atoms with Crippen LogP contribution in [0.25, 0.3) is 6.08 Å². The van der Waals surface area contributed by atoms with Gasteiger partial charge in [0.25, 0.3) is 0 Å². The zero-order chi connectivity index (χ0) is 19.5. The van der Waals surface area contributed by atoms with E-state index < -0.39 is 0 Å². The van der Waals surface area contributed by atoms with Crippen molar-refractivity contribution in [2.24, 2.45) is 0 Å². The van der Waals surface area contributed by atoms with E-state index in [9.17, 15) is 0 Å². The van der Waals surface area contributed by atoms with Crippen LogP contribution in [0.3, 0.4) is 0 Å². The molecule has 2 heterocycles. The molecule has 2 aromatic rings. The van der Waals surface area contributed by atoms with Crippen LogP contribution in [0, 0.1) is 0 Å². The van der Waals surface area contributed by atoms with E-state index in [1.165, 1.54) is 22.6 Å². The number of hydrogen-bond acceptors (Lipinski definition) is 4. The van der Waals surface area contributed by atoms with E-state index in [2.05, 4.69) is 58.6 Å². The van der Waals surface area contributed by atoms with Crippen LogP contribution in [0.15, 0.2) is 47.4 Å². The zero-order valence-corrected chi connectivity index (χ0v) is 18.3. The van der Waals surface area contributed by atoms with Crippen LogP contribution in [-0.2, 0) is 0 Å². The van der Waals surface area contributed by atoms with E-state index in [0.717, 1.165) is 37.6 Å². The summed E-state index contributed by atoms with van der Waals surface area (Å²) in [6, 6.07) is 15.2. The molecule has 1 unspecified atom stereocenters. The lowest BCUT2D eigenvalue weighted by Crippen LogP contribution is -2.31. The maximum absolute atomic E-state index is 6.23. The zero-order valence-electron chi connectivity index (χ0n) is 16.0. The van der Waals surface area contributed by atoms with E-state index in [-0.39, 0.29) is 0 Å². The van der Waals surface area contributed by atoms with Gasteiger partial charge in [-0.15, -0.1) is 11.8 Å². The van der Waals surface area contributed by atoms with E-state index in [0.29, 0.717) is 16.1 Å². The highest BCUT2D eigenvalue weighted by atomic mass is 35.5. The summed E-state index contributed by atoms with van der Waals surface area (Å²) in [4.78, 5) is 6.26. The Bertz CT molecular complexity index is 871. The summed E-state index contributed by atoms with van der Waals surface area (Å²) in [5, 5.41) is 4.62. The number of para-hydroxylation sites is 1. The van der Waals surface area contributed by atoms with E-state index >= 15 is 0 Å². The van der Waals surface area contributed by atoms with Gasteiger partial charge in [0, 0.05) is 54.3 Å². The number of likely N-dealkylation sites (N-methyl/N-ethyl adjacent to an activating group) is 1. The molecule has 0 aromatic heterocycles. The van der Waals surface area contributed by atoms with Crippen LogP contribution in [0.5, 0.6) is 0 Å². The molecule has 6 heteroatoms. The fourth-order valence-electron chi connectivity index (χ4n) is 3.87. The van der Waals surface area contributed by atoms with Crippen LogP contribution in [0.2, 0.25) is 10.0 Å². The van der Waals surface area contributed by atoms with Crippen molar-refractivity contribution in [3.05, 3.63) is 63.0 Å². The largest absolute Gasteiger partial charge is 0.369 e. The minimum atomic E-state index is 0.579. The molecule has 1 atom stereocenters. The maximum atomic E-state index is 6.23. The van der Waals surface area contributed by atoms with Crippen molar-refractivity contribution in [1.82, 2.24) is 5.32 Å². The van der Waals surface area contributed by atoms with Gasteiger partial charge in [0.15, 0.2) is 0 Å². The topological polar surface area (TPSA) is 18.5 Å². The standard InChI is InChI=1S/C22H25Cl2N3S/c1-25-17-8-9-27(14-17)22-5-3-2-4-16(22)12-19-15-26(10-11-28-19)18-6-7-20(23)21(24)13-18/h2-7,12-13,17,25H,8-11,14-15H2,1H3. The second-order valence-electron chi connectivity index (χ2n) is 7.26. The summed E-state index contributed by atoms with van der Waals surface area (Å²) in [6.45, 7) is 4.08. The molecule has 2 aliphatic rings. The summed E-state index contributed by atoms with van der Waals surface area (Å²) in [5.41, 5.74) is 3.77. The summed E-state index contributed by atoms with van der Waals surface area (Å²) < 4.78 is 0. The molecule has 28 heavy (non-hydrogen) atoms. The lowest BCUT2D eigenvalue weighted by atomic mass is 10.1. The molecule has 2 fully saturated rings. The average molecular weight is 434 g/mol. The molecule has 2 aromatic carbocycles. The first-order valence-electron chi connectivity index (χ1n) is 9.68. The Balaban J connectivity index is 1.55. The molecule has 0 bridgehead atoms. The molecule has 4 rings (SSSR count). The molecule has 1 N–H and O–H groups in total. The number of benzene rings is 2. The van der Waals surface area contributed by atoms with Gasteiger partial charge in [-0.2, -0.15) is 0 Å². The molecule has 148 valence electrons. The van der Waals surface area contributed by atoms with Gasteiger partial charge in [-0.25, -0.2) is 0 Å². The monoisotopic (exact) mass is 433 g/mol. The number of nitrogens with zero attached hydrogens (tertiary/aromatic N) is 2. The second kappa shape index (κ2) is 9.00. The molecule has 2 aliphatic heterocycles. The van der Waals surface area contributed by atoms with Gasteiger partial charge in [0.1, 0.15) is 0 Å². The van der Waals surface area contributed by atoms with E-state index in [4.69, 9.17) is 23.2 Å². The van der Waals surface area contributed by atoms with Crippen molar-refractivity contribution in [3.63, 3.8) is 0 Å². The molecule has 3 nitrogen and oxygen atoms in total. The first-order valence-corrected chi connectivity index (χ1v) is 11.4. The minimum Gasteiger partial charge on any atom is -0.369 e. The highest BCUT2D eigenvalue weighted by Gasteiger charge is 2.23. The third-order valence-electron chi connectivity index (χ3n) is 5.45. The first-order chi connectivity index (χ1) is 13.6. The van der Waals surface area contributed by atoms with Gasteiger partial charge in [0.2, 0.25) is 0 Å². The third kappa shape index (κ3) is 4.46. The van der Waals surface area contributed by atoms with Gasteiger partial charge in [-0.1, -0.05) is 41.4 Å². The highest BCUT2D eigenvalue weighted by molar-refractivity contribution is 8.03. The maximum Gasteiger partial charge on any atom is 0.0612 e. The first kappa shape index (κ1) is 20.0. The van der Waals surface area contributed by atoms with Crippen LogP contribution in [0.4, 0.5) is 11.4 Å². The normalized spacial score (nSPS) is 21.5. The van der Waals surface area contributed by atoms with Crippen LogP contribution >= 0.6 is 35.0 Å². The SMILES string of the molecule is CNC1CCN(c2ccccc2C=C2CN(c3ccc(Cl)c(Cl)c3)CCS2)C1. The fourth-order valence-corrected chi connectivity index (χ4v) is 5.20. The average Bonchev–Trinajstić information content (AvgIpc) is 3.20. The number of anilines is 2. The quantitative estimate of drug-likeness (QED) is 0.696. The predicted octanol–water partition coefficient (Wildman–Crippen LogP) is 5.39. The number of rotatable bonds is 4. The van der Waals surface area contributed by atoms with Crippen molar-refractivity contribution in [3.8, 4) is 0 Å². The molecule has 2 saturated heterocycles. The highest BCUT2D eigenvalue weighted by Crippen LogP contribution is 2.34. The lowest BCUT2D eigenvalue weighted by Gasteiger charge is -2.31. The molecule has 0 aliphatic carbocycles. The Morgan fingerprint density at radius 3 is 2.71 bits per heavy atom. The predicted molar refractivity (Wildman–Crippen MR) is 125 cm³/mol. The van der Waals surface area contributed by atoms with Gasteiger partial charge >= 0.3 is 0 Å². The minimum absolute atomic E-state index is 0.579. The molecule has 0 amide bonds.